The molecule has 190 valence electrons. The Morgan fingerprint density at radius 1 is 1.06 bits per heavy atom. The summed E-state index contributed by atoms with van der Waals surface area (Å²) < 4.78 is 16.6. The Hall–Kier alpha value is -2.75. The number of amides is 1. The predicted molar refractivity (Wildman–Crippen MR) is 134 cm³/mol. The van der Waals surface area contributed by atoms with Crippen molar-refractivity contribution in [3.05, 3.63) is 40.8 Å². The third-order valence-electron chi connectivity index (χ3n) is 6.29. The van der Waals surface area contributed by atoms with Crippen molar-refractivity contribution in [2.45, 2.75) is 45.6 Å². The van der Waals surface area contributed by atoms with Crippen molar-refractivity contribution in [3.63, 3.8) is 0 Å². The number of ether oxygens (including phenoxy) is 3. The van der Waals surface area contributed by atoms with Crippen molar-refractivity contribution in [1.29, 1.82) is 0 Å². The molecule has 0 aliphatic heterocycles. The third kappa shape index (κ3) is 6.68. The quantitative estimate of drug-likeness (QED) is 0.417. The first-order valence-electron chi connectivity index (χ1n) is 11.7. The fourth-order valence-corrected chi connectivity index (χ4v) is 5.19. The van der Waals surface area contributed by atoms with Gasteiger partial charge >= 0.3 is 5.97 Å². The Bertz CT molecular complexity index is 1040. The molecule has 1 N–H and O–H groups in total. The molecule has 0 saturated heterocycles. The second-order valence-corrected chi connectivity index (χ2v) is 10.0. The highest BCUT2D eigenvalue weighted by Gasteiger charge is 2.35. The van der Waals surface area contributed by atoms with Gasteiger partial charge in [0, 0.05) is 20.1 Å². The fourth-order valence-electron chi connectivity index (χ4n) is 4.42. The van der Waals surface area contributed by atoms with Gasteiger partial charge in [0.1, 0.15) is 5.75 Å². The second-order valence-electron chi connectivity index (χ2n) is 8.99. The third-order valence-corrected chi connectivity index (χ3v) is 7.35. The summed E-state index contributed by atoms with van der Waals surface area (Å²) in [6.07, 6.45) is 3.46. The van der Waals surface area contributed by atoms with Gasteiger partial charge in [-0.25, -0.2) is 4.79 Å². The second kappa shape index (κ2) is 12.3. The minimum absolute atomic E-state index is 0.0550. The summed E-state index contributed by atoms with van der Waals surface area (Å²) in [7, 11) is 3.08. The first-order valence-corrected chi connectivity index (χ1v) is 12.5. The van der Waals surface area contributed by atoms with Gasteiger partial charge in [-0.1, -0.05) is 18.3 Å². The van der Waals surface area contributed by atoms with Crippen molar-refractivity contribution in [2.75, 3.05) is 32.3 Å². The Kier molecular flexibility index (Phi) is 9.42. The van der Waals surface area contributed by atoms with Crippen LogP contribution in [0, 0.1) is 11.8 Å². The number of carboxylic acids is 1. The van der Waals surface area contributed by atoms with Gasteiger partial charge in [-0.05, 0) is 68.9 Å². The molecular weight excluding hydrogens is 470 g/mol. The van der Waals surface area contributed by atoms with Gasteiger partial charge < -0.3 is 24.2 Å². The number of carboxylic acid groups (broad SMARTS) is 1. The zero-order valence-corrected chi connectivity index (χ0v) is 21.4. The number of nitrogens with zero attached hydrogens (tertiary/aromatic N) is 1. The van der Waals surface area contributed by atoms with E-state index < -0.39 is 12.0 Å². The summed E-state index contributed by atoms with van der Waals surface area (Å²) in [4.78, 5) is 39.7. The minimum Gasteiger partial charge on any atom is -0.478 e. The maximum atomic E-state index is 13.8. The molecule has 1 heterocycles. The lowest BCUT2D eigenvalue weighted by atomic mass is 9.82. The van der Waals surface area contributed by atoms with Gasteiger partial charge in [0.15, 0.2) is 10.8 Å². The smallest absolute Gasteiger partial charge is 0.337 e. The number of ketones is 1. The summed E-state index contributed by atoms with van der Waals surface area (Å²) in [5, 5.41) is 10.5. The number of hydrogen-bond acceptors (Lipinski definition) is 7. The molecule has 1 saturated carbocycles. The van der Waals surface area contributed by atoms with Crippen LogP contribution in [0.25, 0.3) is 0 Å². The lowest BCUT2D eigenvalue weighted by Crippen LogP contribution is -2.49. The number of carbonyl (C=O) groups is 3. The highest BCUT2D eigenvalue weighted by atomic mass is 32.1. The van der Waals surface area contributed by atoms with Crippen LogP contribution in [-0.2, 0) is 14.3 Å². The molecule has 3 rings (SSSR count). The zero-order valence-electron chi connectivity index (χ0n) is 20.6. The topological polar surface area (TPSA) is 102 Å². The Morgan fingerprint density at radius 3 is 2.26 bits per heavy atom. The van der Waals surface area contributed by atoms with Crippen molar-refractivity contribution < 1.29 is 33.7 Å². The number of hydrogen-bond donors (Lipinski definition) is 1. The number of benzene rings is 1. The number of rotatable bonds is 11. The van der Waals surface area contributed by atoms with Crippen molar-refractivity contribution >= 4 is 34.7 Å². The molecule has 0 unspecified atom stereocenters. The normalized spacial score (nSPS) is 17.9. The summed E-state index contributed by atoms with van der Waals surface area (Å²) >= 11 is 1.19. The Morgan fingerprint density at radius 2 is 1.71 bits per heavy atom. The van der Waals surface area contributed by atoms with Crippen molar-refractivity contribution in [2.24, 2.45) is 11.8 Å². The van der Waals surface area contributed by atoms with E-state index in [-0.39, 0.29) is 42.1 Å². The number of aromatic carboxylic acids is 1. The van der Waals surface area contributed by atoms with E-state index in [0.717, 1.165) is 25.7 Å². The standard InChI is InChI=1S/C26H33NO7S/c1-16-5-7-18(8-6-16)25(29)27(19(14-32-3)15-33-4)22-10-9-20(13-21(22)26(30)31)34-24-12-11-23(35-24)17(2)28/h9-13,16,18-19H,5-8,14-15H2,1-4H3,(H,30,31). The molecule has 1 aliphatic rings. The fraction of sp³-hybridized carbons (Fsp3) is 0.500. The molecule has 0 radical (unpaired) electrons. The van der Waals surface area contributed by atoms with Crippen LogP contribution in [-0.4, -0.2) is 56.2 Å². The molecule has 35 heavy (non-hydrogen) atoms. The van der Waals surface area contributed by atoms with Crippen LogP contribution in [0.3, 0.4) is 0 Å². The van der Waals surface area contributed by atoms with Gasteiger partial charge in [-0.2, -0.15) is 0 Å². The largest absolute Gasteiger partial charge is 0.478 e. The van der Waals surface area contributed by atoms with Gasteiger partial charge in [0.2, 0.25) is 5.91 Å². The van der Waals surface area contributed by atoms with E-state index in [1.54, 1.807) is 43.4 Å². The number of thiophene rings is 1. The number of anilines is 1. The Labute approximate surface area is 209 Å². The predicted octanol–water partition coefficient (Wildman–Crippen LogP) is 5.26. The number of methoxy groups -OCH3 is 2. The Balaban J connectivity index is 1.98. The lowest BCUT2D eigenvalue weighted by molar-refractivity contribution is -0.124. The van der Waals surface area contributed by atoms with Crippen LogP contribution in [0.5, 0.6) is 10.8 Å². The minimum atomic E-state index is -1.18. The van der Waals surface area contributed by atoms with E-state index in [4.69, 9.17) is 14.2 Å². The molecule has 1 amide bonds. The SMILES string of the molecule is COCC(COC)N(C(=O)C1CCC(C)CC1)c1ccc(Oc2ccc(C(C)=O)s2)cc1C(=O)O. The molecule has 0 bridgehead atoms. The maximum Gasteiger partial charge on any atom is 0.337 e. The monoisotopic (exact) mass is 503 g/mol. The molecule has 9 heteroatoms. The van der Waals surface area contributed by atoms with E-state index >= 15 is 0 Å². The average molecular weight is 504 g/mol. The molecular formula is C26H33NO7S. The first-order chi connectivity index (χ1) is 16.7. The van der Waals surface area contributed by atoms with E-state index in [2.05, 4.69) is 6.92 Å². The molecule has 1 aliphatic carbocycles. The van der Waals surface area contributed by atoms with Crippen molar-refractivity contribution in [1.82, 2.24) is 0 Å². The molecule has 0 atom stereocenters. The molecule has 2 aromatic rings. The number of carbonyl (C=O) groups excluding carboxylic acids is 2. The van der Waals surface area contributed by atoms with Crippen LogP contribution in [0.4, 0.5) is 5.69 Å². The van der Waals surface area contributed by atoms with Crippen LogP contribution in [0.2, 0.25) is 0 Å². The molecule has 1 aromatic carbocycles. The first kappa shape index (κ1) is 26.8. The van der Waals surface area contributed by atoms with Gasteiger partial charge in [-0.15, -0.1) is 0 Å². The van der Waals surface area contributed by atoms with E-state index in [0.29, 0.717) is 21.6 Å². The highest BCUT2D eigenvalue weighted by Crippen LogP contribution is 2.36. The molecule has 1 fully saturated rings. The van der Waals surface area contributed by atoms with Gasteiger partial charge in [-0.3, -0.25) is 9.59 Å². The summed E-state index contributed by atoms with van der Waals surface area (Å²) in [6, 6.07) is 7.49. The van der Waals surface area contributed by atoms with E-state index in [1.807, 2.05) is 0 Å². The van der Waals surface area contributed by atoms with E-state index in [9.17, 15) is 19.5 Å². The molecule has 8 nitrogen and oxygen atoms in total. The lowest BCUT2D eigenvalue weighted by Gasteiger charge is -2.36. The van der Waals surface area contributed by atoms with Crippen LogP contribution >= 0.6 is 11.3 Å². The maximum absolute atomic E-state index is 13.8. The summed E-state index contributed by atoms with van der Waals surface area (Å²) in [5.41, 5.74) is 0.226. The molecule has 0 spiro atoms. The zero-order chi connectivity index (χ0) is 25.5. The van der Waals surface area contributed by atoms with Gasteiger partial charge in [0.25, 0.3) is 0 Å². The van der Waals surface area contributed by atoms with Gasteiger partial charge in [0.05, 0.1) is 35.4 Å². The van der Waals surface area contributed by atoms with Crippen LogP contribution in [0.15, 0.2) is 30.3 Å². The van der Waals surface area contributed by atoms with Crippen LogP contribution in [0.1, 0.15) is 59.6 Å². The summed E-state index contributed by atoms with van der Waals surface area (Å²) in [6.45, 7) is 4.05. The summed E-state index contributed by atoms with van der Waals surface area (Å²) in [5.74, 6) is -0.664. The highest BCUT2D eigenvalue weighted by molar-refractivity contribution is 7.15. The van der Waals surface area contributed by atoms with Crippen LogP contribution < -0.4 is 9.64 Å². The van der Waals surface area contributed by atoms with E-state index in [1.165, 1.54) is 24.3 Å². The molecule has 1 aromatic heterocycles. The number of Topliss-reactive ketones (excluding diaryl/α,β-unsaturated/α-hetero) is 1. The van der Waals surface area contributed by atoms with Crippen molar-refractivity contribution in [3.8, 4) is 10.8 Å². The average Bonchev–Trinajstić information content (AvgIpc) is 3.29.